The van der Waals surface area contributed by atoms with Crippen molar-refractivity contribution in [3.63, 3.8) is 0 Å². The molecule has 0 amide bonds. The molecular weight excluding hydrogens is 206 g/mol. The van der Waals surface area contributed by atoms with Crippen molar-refractivity contribution in [3.05, 3.63) is 24.0 Å². The Labute approximate surface area is 95.6 Å². The first-order valence-electron chi connectivity index (χ1n) is 5.34. The number of rotatable bonds is 5. The van der Waals surface area contributed by atoms with E-state index in [0.29, 0.717) is 12.4 Å². The Hall–Kier alpha value is -1.58. The molecule has 88 valence electrons. The first-order chi connectivity index (χ1) is 7.69. The van der Waals surface area contributed by atoms with Crippen molar-refractivity contribution in [1.29, 1.82) is 0 Å². The van der Waals surface area contributed by atoms with Gasteiger partial charge < -0.3 is 9.47 Å². The van der Waals surface area contributed by atoms with Crippen LogP contribution in [0.3, 0.4) is 0 Å². The lowest BCUT2D eigenvalue weighted by atomic mass is 10.0. The van der Waals surface area contributed by atoms with E-state index < -0.39 is 0 Å². The molecule has 0 fully saturated rings. The quantitative estimate of drug-likeness (QED) is 0.717. The molecule has 0 N–H and O–H groups in total. The maximum atomic E-state index is 11.3. The van der Waals surface area contributed by atoms with Gasteiger partial charge in [0, 0.05) is 6.20 Å². The average molecular weight is 223 g/mol. The van der Waals surface area contributed by atoms with E-state index >= 15 is 0 Å². The highest BCUT2D eigenvalue weighted by atomic mass is 16.5. The zero-order valence-electron chi connectivity index (χ0n) is 9.90. The monoisotopic (exact) mass is 223 g/mol. The van der Waals surface area contributed by atoms with E-state index in [1.54, 1.807) is 19.3 Å². The van der Waals surface area contributed by atoms with Crippen LogP contribution in [-0.2, 0) is 9.53 Å². The number of carbonyl (C=O) groups is 1. The van der Waals surface area contributed by atoms with Gasteiger partial charge in [0.2, 0.25) is 0 Å². The highest BCUT2D eigenvalue weighted by Crippen LogP contribution is 2.20. The molecule has 4 heteroatoms. The van der Waals surface area contributed by atoms with Gasteiger partial charge in [-0.15, -0.1) is 0 Å². The smallest absolute Gasteiger partial charge is 0.312 e. The summed E-state index contributed by atoms with van der Waals surface area (Å²) in [6.45, 7) is 4.47. The number of aromatic nitrogens is 1. The van der Waals surface area contributed by atoms with E-state index in [2.05, 4.69) is 9.72 Å². The summed E-state index contributed by atoms with van der Waals surface area (Å²) in [6, 6.07) is 1.82. The van der Waals surface area contributed by atoms with E-state index in [4.69, 9.17) is 4.74 Å². The Morgan fingerprint density at radius 3 is 2.88 bits per heavy atom. The molecule has 1 unspecified atom stereocenters. The summed E-state index contributed by atoms with van der Waals surface area (Å²) in [6.07, 6.45) is 4.24. The highest BCUT2D eigenvalue weighted by Gasteiger charge is 2.16. The molecule has 0 spiro atoms. The van der Waals surface area contributed by atoms with Crippen molar-refractivity contribution in [2.24, 2.45) is 0 Å². The van der Waals surface area contributed by atoms with Gasteiger partial charge in [0.15, 0.2) is 0 Å². The Kier molecular flexibility index (Phi) is 4.76. The standard InChI is InChI=1S/C12H17NO3/c1-4-5-16-11-6-10(7-13-8-11)9(2)12(14)15-3/h6-9H,4-5H2,1-3H3. The van der Waals surface area contributed by atoms with Crippen LogP contribution in [0, 0.1) is 0 Å². The topological polar surface area (TPSA) is 48.4 Å². The molecule has 1 aromatic rings. The fourth-order valence-corrected chi connectivity index (χ4v) is 1.28. The molecule has 1 rings (SSSR count). The molecule has 1 aromatic heterocycles. The number of pyridine rings is 1. The van der Waals surface area contributed by atoms with E-state index in [9.17, 15) is 4.79 Å². The number of ether oxygens (including phenoxy) is 2. The third-order valence-electron chi connectivity index (χ3n) is 2.26. The Bertz CT molecular complexity index is 352. The summed E-state index contributed by atoms with van der Waals surface area (Å²) < 4.78 is 10.1. The van der Waals surface area contributed by atoms with Gasteiger partial charge in [-0.25, -0.2) is 0 Å². The Balaban J connectivity index is 2.77. The molecule has 1 heterocycles. The molecule has 0 aliphatic rings. The van der Waals surface area contributed by atoms with Crippen molar-refractivity contribution in [2.45, 2.75) is 26.2 Å². The predicted molar refractivity (Wildman–Crippen MR) is 60.5 cm³/mol. The maximum Gasteiger partial charge on any atom is 0.312 e. The lowest BCUT2D eigenvalue weighted by molar-refractivity contribution is -0.142. The molecule has 0 radical (unpaired) electrons. The number of hydrogen-bond donors (Lipinski definition) is 0. The number of carbonyl (C=O) groups excluding carboxylic acids is 1. The largest absolute Gasteiger partial charge is 0.492 e. The third kappa shape index (κ3) is 3.22. The lowest BCUT2D eigenvalue weighted by Gasteiger charge is -2.10. The van der Waals surface area contributed by atoms with Crippen LogP contribution < -0.4 is 4.74 Å². The summed E-state index contributed by atoms with van der Waals surface area (Å²) >= 11 is 0. The van der Waals surface area contributed by atoms with Crippen LogP contribution in [0.1, 0.15) is 31.7 Å². The Morgan fingerprint density at radius 2 is 2.25 bits per heavy atom. The second-order valence-electron chi connectivity index (χ2n) is 3.55. The zero-order chi connectivity index (χ0) is 12.0. The Morgan fingerprint density at radius 1 is 1.50 bits per heavy atom. The van der Waals surface area contributed by atoms with E-state index in [1.165, 1.54) is 7.11 Å². The maximum absolute atomic E-state index is 11.3. The van der Waals surface area contributed by atoms with Gasteiger partial charge in [-0.2, -0.15) is 0 Å². The summed E-state index contributed by atoms with van der Waals surface area (Å²) in [5.74, 6) is 0.104. The van der Waals surface area contributed by atoms with Crippen LogP contribution in [0.4, 0.5) is 0 Å². The van der Waals surface area contributed by atoms with Crippen molar-refractivity contribution in [2.75, 3.05) is 13.7 Å². The molecule has 0 aliphatic heterocycles. The minimum atomic E-state index is -0.317. The third-order valence-corrected chi connectivity index (χ3v) is 2.26. The molecular formula is C12H17NO3. The van der Waals surface area contributed by atoms with Crippen molar-refractivity contribution in [3.8, 4) is 5.75 Å². The predicted octanol–water partition coefficient (Wildman–Crippen LogP) is 2.15. The molecule has 0 saturated carbocycles. The SMILES string of the molecule is CCCOc1cncc(C(C)C(=O)OC)c1. The molecule has 0 bridgehead atoms. The molecule has 4 nitrogen and oxygen atoms in total. The molecule has 0 aliphatic carbocycles. The second-order valence-corrected chi connectivity index (χ2v) is 3.55. The van der Waals surface area contributed by atoms with Gasteiger partial charge in [0.1, 0.15) is 5.75 Å². The number of hydrogen-bond acceptors (Lipinski definition) is 4. The van der Waals surface area contributed by atoms with Crippen LogP contribution in [0.5, 0.6) is 5.75 Å². The van der Waals surface area contributed by atoms with E-state index in [1.807, 2.05) is 13.0 Å². The summed E-state index contributed by atoms with van der Waals surface area (Å²) in [5.41, 5.74) is 0.806. The number of methoxy groups -OCH3 is 1. The van der Waals surface area contributed by atoms with Gasteiger partial charge in [0.25, 0.3) is 0 Å². The fourth-order valence-electron chi connectivity index (χ4n) is 1.28. The molecule has 1 atom stereocenters. The van der Waals surface area contributed by atoms with Crippen LogP contribution >= 0.6 is 0 Å². The molecule has 0 saturated heterocycles. The van der Waals surface area contributed by atoms with Gasteiger partial charge in [-0.3, -0.25) is 9.78 Å². The van der Waals surface area contributed by atoms with Crippen LogP contribution in [0.2, 0.25) is 0 Å². The van der Waals surface area contributed by atoms with Crippen molar-refractivity contribution in [1.82, 2.24) is 4.98 Å². The molecule has 16 heavy (non-hydrogen) atoms. The van der Waals surface area contributed by atoms with E-state index in [-0.39, 0.29) is 11.9 Å². The van der Waals surface area contributed by atoms with Gasteiger partial charge in [-0.1, -0.05) is 6.92 Å². The van der Waals surface area contributed by atoms with Gasteiger partial charge >= 0.3 is 5.97 Å². The first kappa shape index (κ1) is 12.5. The zero-order valence-corrected chi connectivity index (χ0v) is 9.90. The highest BCUT2D eigenvalue weighted by molar-refractivity contribution is 5.77. The fraction of sp³-hybridized carbons (Fsp3) is 0.500. The summed E-state index contributed by atoms with van der Waals surface area (Å²) in [4.78, 5) is 15.4. The normalized spacial score (nSPS) is 11.9. The summed E-state index contributed by atoms with van der Waals surface area (Å²) in [7, 11) is 1.38. The van der Waals surface area contributed by atoms with E-state index in [0.717, 1.165) is 12.0 Å². The minimum absolute atomic E-state index is 0.269. The first-order valence-corrected chi connectivity index (χ1v) is 5.34. The van der Waals surface area contributed by atoms with Gasteiger partial charge in [0.05, 0.1) is 25.8 Å². The number of esters is 1. The number of nitrogens with zero attached hydrogens (tertiary/aromatic N) is 1. The van der Waals surface area contributed by atoms with Crippen LogP contribution in [-0.4, -0.2) is 24.7 Å². The average Bonchev–Trinajstić information content (AvgIpc) is 2.34. The van der Waals surface area contributed by atoms with Gasteiger partial charge in [-0.05, 0) is 25.0 Å². The van der Waals surface area contributed by atoms with Crippen molar-refractivity contribution < 1.29 is 14.3 Å². The second kappa shape index (κ2) is 6.10. The summed E-state index contributed by atoms with van der Waals surface area (Å²) in [5, 5.41) is 0. The van der Waals surface area contributed by atoms with Crippen LogP contribution in [0.25, 0.3) is 0 Å². The lowest BCUT2D eigenvalue weighted by Crippen LogP contribution is -2.11. The van der Waals surface area contributed by atoms with Crippen LogP contribution in [0.15, 0.2) is 18.5 Å². The minimum Gasteiger partial charge on any atom is -0.492 e. The molecule has 0 aromatic carbocycles. The van der Waals surface area contributed by atoms with Crippen molar-refractivity contribution >= 4 is 5.97 Å².